The van der Waals surface area contributed by atoms with E-state index in [0.29, 0.717) is 29.8 Å². The fraction of sp³-hybridized carbons (Fsp3) is 0.538. The standard InChI is InChI=1S/C13H19N5O3/c1-5-12-15-16-13(20-12)9(3)18(4)7-11(19)14-10-6-8(2)21-17-10/h6,9H,5,7H2,1-4H3,(H,14,17,19)/t9-/m0/s1. The highest BCUT2D eigenvalue weighted by atomic mass is 16.5. The molecule has 0 saturated heterocycles. The van der Waals surface area contributed by atoms with Gasteiger partial charge in [-0.2, -0.15) is 0 Å². The summed E-state index contributed by atoms with van der Waals surface area (Å²) in [7, 11) is 1.81. The summed E-state index contributed by atoms with van der Waals surface area (Å²) in [5.74, 6) is 1.95. The van der Waals surface area contributed by atoms with Crippen molar-refractivity contribution in [2.24, 2.45) is 0 Å². The van der Waals surface area contributed by atoms with Crippen molar-refractivity contribution in [3.8, 4) is 0 Å². The molecule has 0 aliphatic rings. The molecule has 0 aliphatic heterocycles. The van der Waals surface area contributed by atoms with Crippen molar-refractivity contribution in [1.29, 1.82) is 0 Å². The molecule has 1 atom stereocenters. The number of carbonyl (C=O) groups excluding carboxylic acids is 1. The summed E-state index contributed by atoms with van der Waals surface area (Å²) in [6.07, 6.45) is 0.690. The number of nitrogens with zero attached hydrogens (tertiary/aromatic N) is 4. The van der Waals surface area contributed by atoms with Gasteiger partial charge in [-0.1, -0.05) is 12.1 Å². The van der Waals surface area contributed by atoms with Crippen molar-refractivity contribution < 1.29 is 13.7 Å². The molecule has 0 fully saturated rings. The predicted octanol–water partition coefficient (Wildman–Crippen LogP) is 1.56. The number of amides is 1. The number of aromatic nitrogens is 3. The molecular formula is C13H19N5O3. The topological polar surface area (TPSA) is 97.3 Å². The van der Waals surface area contributed by atoms with E-state index >= 15 is 0 Å². The highest BCUT2D eigenvalue weighted by Crippen LogP contribution is 2.17. The Balaban J connectivity index is 1.90. The smallest absolute Gasteiger partial charge is 0.239 e. The van der Waals surface area contributed by atoms with Crippen LogP contribution in [-0.2, 0) is 11.2 Å². The average molecular weight is 293 g/mol. The monoisotopic (exact) mass is 293 g/mol. The van der Waals surface area contributed by atoms with Crippen LogP contribution in [0.4, 0.5) is 5.82 Å². The Morgan fingerprint density at radius 2 is 2.24 bits per heavy atom. The second-order valence-corrected chi connectivity index (χ2v) is 4.85. The Labute approximate surface area is 122 Å². The van der Waals surface area contributed by atoms with Crippen molar-refractivity contribution >= 4 is 11.7 Å². The molecule has 2 heterocycles. The first-order chi connectivity index (χ1) is 9.99. The maximum absolute atomic E-state index is 11.9. The van der Waals surface area contributed by atoms with E-state index in [2.05, 4.69) is 20.7 Å². The second kappa shape index (κ2) is 6.49. The summed E-state index contributed by atoms with van der Waals surface area (Å²) in [5.41, 5.74) is 0. The van der Waals surface area contributed by atoms with Crippen LogP contribution in [0.1, 0.15) is 37.4 Å². The highest BCUT2D eigenvalue weighted by molar-refractivity contribution is 5.91. The lowest BCUT2D eigenvalue weighted by molar-refractivity contribution is -0.117. The van der Waals surface area contributed by atoms with Crippen molar-refractivity contribution in [3.05, 3.63) is 23.6 Å². The molecule has 0 unspecified atom stereocenters. The van der Waals surface area contributed by atoms with Gasteiger partial charge in [-0.3, -0.25) is 9.69 Å². The molecule has 21 heavy (non-hydrogen) atoms. The molecule has 2 rings (SSSR count). The van der Waals surface area contributed by atoms with Gasteiger partial charge in [-0.25, -0.2) is 0 Å². The van der Waals surface area contributed by atoms with Crippen molar-refractivity contribution in [2.75, 3.05) is 18.9 Å². The summed E-state index contributed by atoms with van der Waals surface area (Å²) >= 11 is 0. The quantitative estimate of drug-likeness (QED) is 0.863. The second-order valence-electron chi connectivity index (χ2n) is 4.85. The molecule has 2 aromatic rings. The van der Waals surface area contributed by atoms with Crippen LogP contribution in [0, 0.1) is 6.92 Å². The van der Waals surface area contributed by atoms with Gasteiger partial charge in [0.05, 0.1) is 12.6 Å². The van der Waals surface area contributed by atoms with E-state index in [9.17, 15) is 4.79 Å². The number of carbonyl (C=O) groups is 1. The Kier molecular flexibility index (Phi) is 4.69. The maximum atomic E-state index is 11.9. The third-order valence-electron chi connectivity index (χ3n) is 3.09. The number of nitrogens with one attached hydrogen (secondary N) is 1. The van der Waals surface area contributed by atoms with E-state index in [0.717, 1.165) is 0 Å². The molecular weight excluding hydrogens is 274 g/mol. The lowest BCUT2D eigenvalue weighted by Crippen LogP contribution is -2.32. The van der Waals surface area contributed by atoms with Gasteiger partial charge >= 0.3 is 0 Å². The van der Waals surface area contributed by atoms with Crippen LogP contribution in [-0.4, -0.2) is 39.8 Å². The van der Waals surface area contributed by atoms with Gasteiger partial charge in [0.15, 0.2) is 5.82 Å². The third kappa shape index (κ3) is 3.88. The number of likely N-dealkylation sites (N-methyl/N-ethyl adjacent to an activating group) is 1. The number of anilines is 1. The van der Waals surface area contributed by atoms with Crippen LogP contribution >= 0.6 is 0 Å². The molecule has 0 aromatic carbocycles. The minimum absolute atomic E-state index is 0.150. The molecule has 0 aliphatic carbocycles. The number of hydrogen-bond acceptors (Lipinski definition) is 7. The zero-order valence-corrected chi connectivity index (χ0v) is 12.6. The van der Waals surface area contributed by atoms with E-state index in [1.54, 1.807) is 13.0 Å². The third-order valence-corrected chi connectivity index (χ3v) is 3.09. The molecule has 0 saturated carbocycles. The maximum Gasteiger partial charge on any atom is 0.239 e. The summed E-state index contributed by atoms with van der Waals surface area (Å²) in [4.78, 5) is 13.7. The minimum Gasteiger partial charge on any atom is -0.424 e. The predicted molar refractivity (Wildman–Crippen MR) is 74.6 cm³/mol. The Bertz CT molecular complexity index is 606. The van der Waals surface area contributed by atoms with Crippen LogP contribution < -0.4 is 5.32 Å². The van der Waals surface area contributed by atoms with Gasteiger partial charge in [-0.05, 0) is 20.9 Å². The molecule has 8 heteroatoms. The minimum atomic E-state index is -0.187. The fourth-order valence-corrected chi connectivity index (χ4v) is 1.74. The molecule has 2 aromatic heterocycles. The van der Waals surface area contributed by atoms with Crippen LogP contribution in [0.5, 0.6) is 0 Å². The molecule has 1 amide bonds. The van der Waals surface area contributed by atoms with E-state index in [1.165, 1.54) is 0 Å². The van der Waals surface area contributed by atoms with Crippen LogP contribution in [0.25, 0.3) is 0 Å². The lowest BCUT2D eigenvalue weighted by Gasteiger charge is -2.20. The largest absolute Gasteiger partial charge is 0.424 e. The van der Waals surface area contributed by atoms with Crippen molar-refractivity contribution in [1.82, 2.24) is 20.3 Å². The van der Waals surface area contributed by atoms with Crippen LogP contribution in [0.2, 0.25) is 0 Å². The summed E-state index contributed by atoms with van der Waals surface area (Å²) in [6.45, 7) is 5.79. The van der Waals surface area contributed by atoms with E-state index < -0.39 is 0 Å². The van der Waals surface area contributed by atoms with Crippen molar-refractivity contribution in [3.63, 3.8) is 0 Å². The summed E-state index contributed by atoms with van der Waals surface area (Å²) < 4.78 is 10.4. The molecule has 0 radical (unpaired) electrons. The Morgan fingerprint density at radius 1 is 1.48 bits per heavy atom. The fourth-order valence-electron chi connectivity index (χ4n) is 1.74. The molecule has 8 nitrogen and oxygen atoms in total. The molecule has 0 bridgehead atoms. The van der Waals surface area contributed by atoms with Crippen LogP contribution in [0.3, 0.4) is 0 Å². The van der Waals surface area contributed by atoms with Gasteiger partial charge in [-0.15, -0.1) is 10.2 Å². The van der Waals surface area contributed by atoms with Crippen molar-refractivity contribution in [2.45, 2.75) is 33.2 Å². The zero-order chi connectivity index (χ0) is 15.4. The summed E-state index contributed by atoms with van der Waals surface area (Å²) in [6, 6.07) is 1.51. The average Bonchev–Trinajstić information content (AvgIpc) is 3.06. The van der Waals surface area contributed by atoms with Gasteiger partial charge in [0, 0.05) is 12.5 Å². The van der Waals surface area contributed by atoms with Crippen LogP contribution in [0.15, 0.2) is 15.0 Å². The molecule has 114 valence electrons. The molecule has 0 spiro atoms. The van der Waals surface area contributed by atoms with Gasteiger partial charge in [0.1, 0.15) is 5.76 Å². The SMILES string of the molecule is CCc1nnc([C@H](C)N(C)CC(=O)Nc2cc(C)on2)o1. The van der Waals surface area contributed by atoms with Gasteiger partial charge in [0.2, 0.25) is 17.7 Å². The number of hydrogen-bond donors (Lipinski definition) is 1. The van der Waals surface area contributed by atoms with E-state index in [4.69, 9.17) is 8.94 Å². The lowest BCUT2D eigenvalue weighted by atomic mass is 10.3. The molecule has 1 N–H and O–H groups in total. The van der Waals surface area contributed by atoms with E-state index in [1.807, 2.05) is 25.8 Å². The van der Waals surface area contributed by atoms with Gasteiger partial charge < -0.3 is 14.3 Å². The highest BCUT2D eigenvalue weighted by Gasteiger charge is 2.20. The first-order valence-corrected chi connectivity index (χ1v) is 6.75. The first kappa shape index (κ1) is 15.2. The summed E-state index contributed by atoms with van der Waals surface area (Å²) in [5, 5.41) is 14.3. The number of aryl methyl sites for hydroxylation is 2. The van der Waals surface area contributed by atoms with Gasteiger partial charge in [0.25, 0.3) is 0 Å². The van der Waals surface area contributed by atoms with E-state index in [-0.39, 0.29) is 18.5 Å². The Morgan fingerprint density at radius 3 is 2.81 bits per heavy atom. The normalized spacial score (nSPS) is 12.6. The number of rotatable bonds is 6. The first-order valence-electron chi connectivity index (χ1n) is 6.75. The Hall–Kier alpha value is -2.22. The zero-order valence-electron chi connectivity index (χ0n) is 12.6.